The van der Waals surface area contributed by atoms with Crippen LogP contribution in [0.2, 0.25) is 0 Å². The second kappa shape index (κ2) is 9.28. The number of aryl methyl sites for hydroxylation is 1. The molecule has 6 nitrogen and oxygen atoms in total. The third-order valence-corrected chi connectivity index (χ3v) is 6.32. The molecule has 0 saturated carbocycles. The van der Waals surface area contributed by atoms with Crippen molar-refractivity contribution in [3.63, 3.8) is 0 Å². The van der Waals surface area contributed by atoms with E-state index in [-0.39, 0.29) is 12.3 Å². The van der Waals surface area contributed by atoms with Gasteiger partial charge in [-0.05, 0) is 25.1 Å². The number of hydrogen-bond donors (Lipinski definition) is 1. The number of ether oxygens (including phenoxy) is 2. The largest absolute Gasteiger partial charge is 0.493 e. The predicted molar refractivity (Wildman–Crippen MR) is 125 cm³/mol. The number of amides is 1. The minimum atomic E-state index is -0.144. The molecular weight excluding hydrogens is 430 g/mol. The fourth-order valence-electron chi connectivity index (χ4n) is 3.00. The zero-order valence-corrected chi connectivity index (χ0v) is 19.0. The normalized spacial score (nSPS) is 10.7. The van der Waals surface area contributed by atoms with Crippen molar-refractivity contribution in [2.24, 2.45) is 0 Å². The first-order valence-electron chi connectivity index (χ1n) is 9.55. The molecule has 0 bridgehead atoms. The third-order valence-electron chi connectivity index (χ3n) is 4.62. The Morgan fingerprint density at radius 1 is 0.935 bits per heavy atom. The molecule has 2 aromatic heterocycles. The maximum atomic E-state index is 12.5. The Hall–Kier alpha value is -3.23. The maximum Gasteiger partial charge on any atom is 0.232 e. The van der Waals surface area contributed by atoms with Crippen molar-refractivity contribution in [2.75, 3.05) is 19.5 Å². The van der Waals surface area contributed by atoms with Gasteiger partial charge in [-0.25, -0.2) is 9.97 Å². The van der Waals surface area contributed by atoms with E-state index >= 15 is 0 Å². The molecule has 0 fully saturated rings. The van der Waals surface area contributed by atoms with Crippen LogP contribution in [0.15, 0.2) is 53.2 Å². The summed E-state index contributed by atoms with van der Waals surface area (Å²) in [5.74, 6) is 1.14. The molecule has 0 spiro atoms. The molecule has 4 aromatic rings. The first kappa shape index (κ1) is 21.0. The second-order valence-corrected chi connectivity index (χ2v) is 8.56. The number of hydrogen-bond acceptors (Lipinski definition) is 7. The van der Waals surface area contributed by atoms with E-state index in [1.807, 2.05) is 41.1 Å². The average Bonchev–Trinajstić information content (AvgIpc) is 3.43. The third kappa shape index (κ3) is 4.92. The number of benzene rings is 2. The van der Waals surface area contributed by atoms with E-state index in [0.717, 1.165) is 27.5 Å². The Morgan fingerprint density at radius 3 is 2.42 bits per heavy atom. The van der Waals surface area contributed by atoms with Crippen molar-refractivity contribution in [1.82, 2.24) is 9.97 Å². The number of anilines is 1. The van der Waals surface area contributed by atoms with E-state index in [0.29, 0.717) is 16.6 Å². The Kier molecular flexibility index (Phi) is 6.29. The molecule has 31 heavy (non-hydrogen) atoms. The molecule has 4 rings (SSSR count). The van der Waals surface area contributed by atoms with Gasteiger partial charge in [-0.1, -0.05) is 29.8 Å². The summed E-state index contributed by atoms with van der Waals surface area (Å²) in [5.41, 5.74) is 4.65. The summed E-state index contributed by atoms with van der Waals surface area (Å²) in [6.07, 6.45) is 0.202. The van der Waals surface area contributed by atoms with Crippen molar-refractivity contribution in [2.45, 2.75) is 13.3 Å². The van der Waals surface area contributed by atoms with Gasteiger partial charge in [0, 0.05) is 21.9 Å². The first-order chi connectivity index (χ1) is 15.1. The van der Waals surface area contributed by atoms with Crippen LogP contribution < -0.4 is 14.8 Å². The number of carbonyl (C=O) groups excluding carboxylic acids is 1. The average molecular weight is 452 g/mol. The summed E-state index contributed by atoms with van der Waals surface area (Å²) in [5, 5.41) is 8.14. The zero-order chi connectivity index (χ0) is 21.8. The van der Waals surface area contributed by atoms with Gasteiger partial charge in [-0.3, -0.25) is 4.79 Å². The lowest BCUT2D eigenvalue weighted by atomic mass is 10.1. The minimum Gasteiger partial charge on any atom is -0.493 e. The highest BCUT2D eigenvalue weighted by molar-refractivity contribution is 7.14. The second-order valence-electron chi connectivity index (χ2n) is 6.84. The first-order valence-corrected chi connectivity index (χ1v) is 11.3. The summed E-state index contributed by atoms with van der Waals surface area (Å²) in [6.45, 7) is 2.05. The molecule has 8 heteroatoms. The van der Waals surface area contributed by atoms with Gasteiger partial charge in [0.2, 0.25) is 5.91 Å². The number of nitrogens with zero attached hydrogens (tertiary/aromatic N) is 2. The van der Waals surface area contributed by atoms with E-state index in [4.69, 9.17) is 9.47 Å². The molecule has 1 N–H and O–H groups in total. The van der Waals surface area contributed by atoms with Crippen LogP contribution in [-0.4, -0.2) is 30.1 Å². The number of carbonyl (C=O) groups is 1. The minimum absolute atomic E-state index is 0.144. The van der Waals surface area contributed by atoms with Crippen LogP contribution in [0, 0.1) is 6.92 Å². The van der Waals surface area contributed by atoms with Crippen molar-refractivity contribution in [3.8, 4) is 33.3 Å². The quantitative estimate of drug-likeness (QED) is 0.405. The molecular formula is C23H21N3O3S2. The number of thiazole rings is 2. The van der Waals surface area contributed by atoms with Crippen LogP contribution in [0.25, 0.3) is 21.8 Å². The summed E-state index contributed by atoms with van der Waals surface area (Å²) in [7, 11) is 3.19. The van der Waals surface area contributed by atoms with Gasteiger partial charge in [0.25, 0.3) is 0 Å². The molecule has 0 atom stereocenters. The Balaban J connectivity index is 1.41. The van der Waals surface area contributed by atoms with E-state index in [2.05, 4.69) is 34.3 Å². The lowest BCUT2D eigenvalue weighted by Gasteiger charge is -2.08. The number of rotatable bonds is 7. The number of nitrogens with one attached hydrogen (secondary N) is 1. The smallest absolute Gasteiger partial charge is 0.232 e. The molecule has 0 aliphatic rings. The fraction of sp³-hybridized carbons (Fsp3) is 0.174. The molecule has 0 aliphatic carbocycles. The summed E-state index contributed by atoms with van der Waals surface area (Å²) >= 11 is 2.92. The predicted octanol–water partition coefficient (Wildman–Crippen LogP) is 5.44. The van der Waals surface area contributed by atoms with Gasteiger partial charge < -0.3 is 14.8 Å². The van der Waals surface area contributed by atoms with Gasteiger partial charge in [0.15, 0.2) is 16.6 Å². The summed E-state index contributed by atoms with van der Waals surface area (Å²) in [6, 6.07) is 13.8. The highest BCUT2D eigenvalue weighted by Gasteiger charge is 2.13. The zero-order valence-electron chi connectivity index (χ0n) is 17.3. The Morgan fingerprint density at radius 2 is 1.68 bits per heavy atom. The van der Waals surface area contributed by atoms with E-state index in [9.17, 15) is 4.79 Å². The van der Waals surface area contributed by atoms with Crippen LogP contribution in [0.1, 0.15) is 11.3 Å². The van der Waals surface area contributed by atoms with Gasteiger partial charge >= 0.3 is 0 Å². The molecule has 0 saturated heterocycles. The van der Waals surface area contributed by atoms with Crippen molar-refractivity contribution >= 4 is 33.7 Å². The Labute approximate surface area is 188 Å². The molecule has 0 aliphatic heterocycles. The number of aromatic nitrogens is 2. The van der Waals surface area contributed by atoms with Crippen LogP contribution in [0.3, 0.4) is 0 Å². The SMILES string of the molecule is COc1ccc(-c2csc(NC(=O)Cc3csc(-c4ccc(C)cc4)n3)n2)cc1OC. The molecule has 2 aromatic carbocycles. The molecule has 158 valence electrons. The van der Waals surface area contributed by atoms with Crippen molar-refractivity contribution in [3.05, 3.63) is 64.5 Å². The molecule has 0 unspecified atom stereocenters. The van der Waals surface area contributed by atoms with Crippen LogP contribution in [0.4, 0.5) is 5.13 Å². The lowest BCUT2D eigenvalue weighted by molar-refractivity contribution is -0.115. The van der Waals surface area contributed by atoms with Gasteiger partial charge in [-0.15, -0.1) is 22.7 Å². The Bertz CT molecular complexity index is 1200. The van der Waals surface area contributed by atoms with Gasteiger partial charge in [-0.2, -0.15) is 0 Å². The summed E-state index contributed by atoms with van der Waals surface area (Å²) < 4.78 is 10.6. The highest BCUT2D eigenvalue weighted by Crippen LogP contribution is 2.33. The monoisotopic (exact) mass is 451 g/mol. The highest BCUT2D eigenvalue weighted by atomic mass is 32.1. The standard InChI is InChI=1S/C23H21N3O3S2/c1-14-4-6-15(7-5-14)22-24-17(12-30-22)11-21(27)26-23-25-18(13-31-23)16-8-9-19(28-2)20(10-16)29-3/h4-10,12-13H,11H2,1-3H3,(H,25,26,27). The van der Waals surface area contributed by atoms with Crippen molar-refractivity contribution in [1.29, 1.82) is 0 Å². The lowest BCUT2D eigenvalue weighted by Crippen LogP contribution is -2.14. The molecule has 2 heterocycles. The van der Waals surface area contributed by atoms with Crippen LogP contribution in [-0.2, 0) is 11.2 Å². The summed E-state index contributed by atoms with van der Waals surface area (Å²) in [4.78, 5) is 21.6. The van der Waals surface area contributed by atoms with E-state index < -0.39 is 0 Å². The topological polar surface area (TPSA) is 73.3 Å². The van der Waals surface area contributed by atoms with Crippen LogP contribution >= 0.6 is 22.7 Å². The van der Waals surface area contributed by atoms with E-state index in [1.54, 1.807) is 14.2 Å². The maximum absolute atomic E-state index is 12.5. The van der Waals surface area contributed by atoms with Gasteiger partial charge in [0.05, 0.1) is 32.0 Å². The molecule has 0 radical (unpaired) electrons. The van der Waals surface area contributed by atoms with E-state index in [1.165, 1.54) is 28.2 Å². The fourth-order valence-corrected chi connectivity index (χ4v) is 4.57. The van der Waals surface area contributed by atoms with Crippen LogP contribution in [0.5, 0.6) is 11.5 Å². The van der Waals surface area contributed by atoms with Crippen molar-refractivity contribution < 1.29 is 14.3 Å². The molecule has 1 amide bonds. The number of methoxy groups -OCH3 is 2. The van der Waals surface area contributed by atoms with Gasteiger partial charge in [0.1, 0.15) is 5.01 Å².